The van der Waals surface area contributed by atoms with Gasteiger partial charge in [-0.3, -0.25) is 9.59 Å². The fourth-order valence-electron chi connectivity index (χ4n) is 2.16. The van der Waals surface area contributed by atoms with Gasteiger partial charge in [0.1, 0.15) is 0 Å². The Morgan fingerprint density at radius 3 is 2.17 bits per heavy atom. The van der Waals surface area contributed by atoms with Gasteiger partial charge in [0.05, 0.1) is 10.7 Å². The molecule has 18 heavy (non-hydrogen) atoms. The summed E-state index contributed by atoms with van der Waals surface area (Å²) in [7, 11) is 0. The molecule has 0 saturated heterocycles. The van der Waals surface area contributed by atoms with Crippen LogP contribution in [0.15, 0.2) is 36.4 Å². The smallest absolute Gasteiger partial charge is 0.234 e. The molecule has 0 heterocycles. The summed E-state index contributed by atoms with van der Waals surface area (Å²) in [5.74, 6) is -1.04. The Labute approximate surface area is 108 Å². The molecule has 1 aliphatic carbocycles. The van der Waals surface area contributed by atoms with Gasteiger partial charge in [0, 0.05) is 11.1 Å². The van der Waals surface area contributed by atoms with Crippen molar-refractivity contribution in [2.45, 2.75) is 0 Å². The molecular formula is C14H8ClNO2. The Kier molecular flexibility index (Phi) is 2.25. The molecule has 0 fully saturated rings. The minimum Gasteiger partial charge on any atom is -0.398 e. The summed E-state index contributed by atoms with van der Waals surface area (Å²) < 4.78 is 0. The number of hydrogen-bond acceptors (Lipinski definition) is 3. The first-order valence-electron chi connectivity index (χ1n) is 5.37. The van der Waals surface area contributed by atoms with Crippen molar-refractivity contribution >= 4 is 28.9 Å². The van der Waals surface area contributed by atoms with Crippen LogP contribution in [0.5, 0.6) is 0 Å². The summed E-state index contributed by atoms with van der Waals surface area (Å²) in [6.07, 6.45) is 0. The van der Waals surface area contributed by atoms with E-state index in [1.54, 1.807) is 24.3 Å². The Balaban J connectivity index is 2.41. The van der Waals surface area contributed by atoms with Crippen molar-refractivity contribution in [2.24, 2.45) is 0 Å². The number of benzene rings is 2. The fraction of sp³-hybridized carbons (Fsp3) is 0. The highest BCUT2D eigenvalue weighted by molar-refractivity contribution is 6.53. The summed E-state index contributed by atoms with van der Waals surface area (Å²) in [5, 5.41) is 0.286. The molecule has 0 bridgehead atoms. The van der Waals surface area contributed by atoms with Crippen LogP contribution in [0, 0.1) is 0 Å². The largest absolute Gasteiger partial charge is 0.398 e. The predicted octanol–water partition coefficient (Wildman–Crippen LogP) is 2.97. The third kappa shape index (κ3) is 1.38. The molecule has 1 aliphatic rings. The van der Waals surface area contributed by atoms with Crippen LogP contribution in [0.4, 0.5) is 5.69 Å². The van der Waals surface area contributed by atoms with E-state index >= 15 is 0 Å². The van der Waals surface area contributed by atoms with Gasteiger partial charge in [0.15, 0.2) is 0 Å². The molecule has 0 spiro atoms. The number of halogens is 1. The average molecular weight is 258 g/mol. The second-order valence-corrected chi connectivity index (χ2v) is 4.53. The summed E-state index contributed by atoms with van der Waals surface area (Å²) in [6.45, 7) is 0. The molecule has 3 rings (SSSR count). The minimum atomic E-state index is -0.536. The van der Waals surface area contributed by atoms with E-state index in [2.05, 4.69) is 0 Å². The summed E-state index contributed by atoms with van der Waals surface area (Å²) in [4.78, 5) is 23.9. The lowest BCUT2D eigenvalue weighted by Gasteiger charge is -2.18. The minimum absolute atomic E-state index is 0.286. The van der Waals surface area contributed by atoms with Gasteiger partial charge in [-0.2, -0.15) is 0 Å². The molecule has 0 saturated carbocycles. The van der Waals surface area contributed by atoms with Crippen LogP contribution in [0.2, 0.25) is 5.02 Å². The van der Waals surface area contributed by atoms with Crippen molar-refractivity contribution in [3.05, 3.63) is 52.5 Å². The van der Waals surface area contributed by atoms with Crippen molar-refractivity contribution in [1.29, 1.82) is 0 Å². The van der Waals surface area contributed by atoms with Gasteiger partial charge < -0.3 is 5.73 Å². The van der Waals surface area contributed by atoms with Crippen LogP contribution in [0.1, 0.15) is 20.7 Å². The lowest BCUT2D eigenvalue weighted by atomic mass is 9.84. The van der Waals surface area contributed by atoms with Gasteiger partial charge >= 0.3 is 0 Å². The molecule has 0 amide bonds. The van der Waals surface area contributed by atoms with Gasteiger partial charge in [-0.05, 0) is 23.3 Å². The topological polar surface area (TPSA) is 60.2 Å². The van der Waals surface area contributed by atoms with Crippen LogP contribution < -0.4 is 5.73 Å². The molecule has 88 valence electrons. The van der Waals surface area contributed by atoms with Gasteiger partial charge in [-0.25, -0.2) is 0 Å². The summed E-state index contributed by atoms with van der Waals surface area (Å²) in [5.41, 5.74) is 8.27. The average Bonchev–Trinajstić information content (AvgIpc) is 2.38. The number of Topliss-reactive ketones (excluding diaryl/α,β-unsaturated/α-hetero) is 2. The quantitative estimate of drug-likeness (QED) is 0.583. The molecule has 0 aliphatic heterocycles. The molecular weight excluding hydrogens is 250 g/mol. The third-order valence-electron chi connectivity index (χ3n) is 3.05. The van der Waals surface area contributed by atoms with E-state index in [1.807, 2.05) is 6.07 Å². The highest BCUT2D eigenvalue weighted by atomic mass is 35.5. The van der Waals surface area contributed by atoms with Gasteiger partial charge in [-0.15, -0.1) is 0 Å². The monoisotopic (exact) mass is 257 g/mol. The molecule has 3 nitrogen and oxygen atoms in total. The van der Waals surface area contributed by atoms with Crippen molar-refractivity contribution < 1.29 is 9.59 Å². The number of hydrogen-bond donors (Lipinski definition) is 1. The van der Waals surface area contributed by atoms with E-state index in [-0.39, 0.29) is 5.02 Å². The SMILES string of the molecule is Nc1cc2c(cc1Cl)C(=O)C(=O)c1ccccc1-2. The van der Waals surface area contributed by atoms with Gasteiger partial charge in [0.2, 0.25) is 11.6 Å². The highest BCUT2D eigenvalue weighted by Crippen LogP contribution is 2.37. The zero-order valence-electron chi connectivity index (χ0n) is 9.24. The van der Waals surface area contributed by atoms with Crippen LogP contribution >= 0.6 is 11.6 Å². The van der Waals surface area contributed by atoms with E-state index in [0.29, 0.717) is 22.4 Å². The van der Waals surface area contributed by atoms with Crippen LogP contribution in [-0.2, 0) is 0 Å². The normalized spacial score (nSPS) is 13.2. The lowest BCUT2D eigenvalue weighted by Crippen LogP contribution is -2.21. The number of ketones is 2. The number of rotatable bonds is 0. The second kappa shape index (κ2) is 3.68. The number of fused-ring (bicyclic) bond motifs is 3. The van der Waals surface area contributed by atoms with Crippen molar-refractivity contribution in [2.75, 3.05) is 5.73 Å². The van der Waals surface area contributed by atoms with E-state index < -0.39 is 11.6 Å². The van der Waals surface area contributed by atoms with E-state index in [4.69, 9.17) is 17.3 Å². The number of anilines is 1. The Hall–Kier alpha value is -2.13. The summed E-state index contributed by atoms with van der Waals surface area (Å²) >= 11 is 5.90. The maximum atomic E-state index is 12.0. The maximum absolute atomic E-state index is 12.0. The molecule has 0 radical (unpaired) electrons. The van der Waals surface area contributed by atoms with E-state index in [9.17, 15) is 9.59 Å². The van der Waals surface area contributed by atoms with Gasteiger partial charge in [-0.1, -0.05) is 35.9 Å². The molecule has 2 aromatic carbocycles. The number of carbonyl (C=O) groups excluding carboxylic acids is 2. The Morgan fingerprint density at radius 2 is 1.44 bits per heavy atom. The van der Waals surface area contributed by atoms with E-state index in [1.165, 1.54) is 6.07 Å². The maximum Gasteiger partial charge on any atom is 0.234 e. The van der Waals surface area contributed by atoms with E-state index in [0.717, 1.165) is 5.56 Å². The first-order chi connectivity index (χ1) is 8.59. The third-order valence-corrected chi connectivity index (χ3v) is 3.38. The lowest BCUT2D eigenvalue weighted by molar-refractivity contribution is 0.0815. The van der Waals surface area contributed by atoms with Crippen LogP contribution in [0.25, 0.3) is 11.1 Å². The molecule has 4 heteroatoms. The van der Waals surface area contributed by atoms with Crippen LogP contribution in [-0.4, -0.2) is 11.6 Å². The highest BCUT2D eigenvalue weighted by Gasteiger charge is 2.30. The Bertz CT molecular complexity index is 707. The molecule has 0 unspecified atom stereocenters. The number of nitrogens with two attached hydrogens (primary N) is 1. The molecule has 2 N–H and O–H groups in total. The van der Waals surface area contributed by atoms with Crippen LogP contribution in [0.3, 0.4) is 0 Å². The second-order valence-electron chi connectivity index (χ2n) is 4.12. The fourth-order valence-corrected chi connectivity index (χ4v) is 2.32. The first-order valence-corrected chi connectivity index (χ1v) is 5.75. The predicted molar refractivity (Wildman–Crippen MR) is 70.0 cm³/mol. The first kappa shape index (κ1) is 11.0. The molecule has 0 aromatic heterocycles. The zero-order chi connectivity index (χ0) is 12.9. The van der Waals surface area contributed by atoms with Crippen molar-refractivity contribution in [3.8, 4) is 11.1 Å². The Morgan fingerprint density at radius 1 is 0.833 bits per heavy atom. The molecule has 0 atom stereocenters. The standard InChI is InChI=1S/C14H8ClNO2/c15-11-5-10-9(6-12(11)16)7-3-1-2-4-8(7)13(17)14(10)18/h1-6H,16H2. The zero-order valence-corrected chi connectivity index (χ0v) is 9.99. The number of carbonyl (C=O) groups is 2. The summed E-state index contributed by atoms with van der Waals surface area (Å²) in [6, 6.07) is 10.1. The van der Waals surface area contributed by atoms with Crippen molar-refractivity contribution in [1.82, 2.24) is 0 Å². The molecule has 2 aromatic rings. The van der Waals surface area contributed by atoms with Crippen molar-refractivity contribution in [3.63, 3.8) is 0 Å². The number of nitrogen functional groups attached to an aromatic ring is 1. The van der Waals surface area contributed by atoms with Gasteiger partial charge in [0.25, 0.3) is 0 Å².